The Morgan fingerprint density at radius 3 is 2.93 bits per heavy atom. The van der Waals surface area contributed by atoms with Crippen LogP contribution in [-0.2, 0) is 16.1 Å². The van der Waals surface area contributed by atoms with E-state index in [2.05, 4.69) is 5.32 Å². The molecule has 2 aliphatic rings. The monoisotopic (exact) mass is 403 g/mol. The van der Waals surface area contributed by atoms with Crippen molar-refractivity contribution in [3.05, 3.63) is 23.2 Å². The minimum absolute atomic E-state index is 0.0353. The Kier molecular flexibility index (Phi) is 5.47. The van der Waals surface area contributed by atoms with E-state index in [0.717, 1.165) is 42.3 Å². The Bertz CT molecular complexity index is 867. The lowest BCUT2D eigenvalue weighted by Gasteiger charge is -2.44. The number of carbonyl (C=O) groups excluding carboxylic acids is 2. The second-order valence-electron chi connectivity index (χ2n) is 8.02. The average Bonchev–Trinajstić information content (AvgIpc) is 3.39. The lowest BCUT2D eigenvalue weighted by atomic mass is 9.94. The van der Waals surface area contributed by atoms with Crippen LogP contribution in [0.4, 0.5) is 0 Å². The fourth-order valence-electron chi connectivity index (χ4n) is 4.50. The van der Waals surface area contributed by atoms with Gasteiger partial charge >= 0.3 is 0 Å². The van der Waals surface area contributed by atoms with E-state index in [0.29, 0.717) is 32.0 Å². The largest absolute Gasteiger partial charge is 0.382 e. The zero-order valence-corrected chi connectivity index (χ0v) is 17.5. The summed E-state index contributed by atoms with van der Waals surface area (Å²) in [6.45, 7) is 6.14. The molecule has 152 valence electrons. The highest BCUT2D eigenvalue weighted by atomic mass is 32.1. The van der Waals surface area contributed by atoms with E-state index < -0.39 is 5.54 Å². The standard InChI is InChI=1S/C21H29N3O3S/c1-3-27-11-6-10-24-19(25)17-13-18-16(9-12-28-18)23(17)14-21(24,2)20(26)22-15-7-4-5-8-15/h9,12-13,15H,3-8,10-11,14H2,1-2H3,(H,22,26). The molecular formula is C21H29N3O3S. The number of aromatic nitrogens is 1. The Hall–Kier alpha value is -1.86. The van der Waals surface area contributed by atoms with Gasteiger partial charge in [-0.1, -0.05) is 12.8 Å². The molecule has 28 heavy (non-hydrogen) atoms. The zero-order chi connectivity index (χ0) is 19.7. The highest BCUT2D eigenvalue weighted by molar-refractivity contribution is 7.17. The molecule has 2 aromatic rings. The lowest BCUT2D eigenvalue weighted by Crippen LogP contribution is -2.65. The smallest absolute Gasteiger partial charge is 0.271 e. The Morgan fingerprint density at radius 1 is 1.39 bits per heavy atom. The molecule has 2 aromatic heterocycles. The highest BCUT2D eigenvalue weighted by Crippen LogP contribution is 2.34. The van der Waals surface area contributed by atoms with Crippen LogP contribution >= 0.6 is 11.3 Å². The van der Waals surface area contributed by atoms with Crippen LogP contribution in [0.5, 0.6) is 0 Å². The van der Waals surface area contributed by atoms with Crippen LogP contribution in [0, 0.1) is 0 Å². The molecule has 2 amide bonds. The third-order valence-electron chi connectivity index (χ3n) is 6.10. The number of ether oxygens (including phenoxy) is 1. The maximum Gasteiger partial charge on any atom is 0.271 e. The first-order valence-electron chi connectivity index (χ1n) is 10.3. The SMILES string of the molecule is CCOCCCN1C(=O)c2cc3sccc3n2CC1(C)C(=O)NC1CCCC1. The van der Waals surface area contributed by atoms with Crippen LogP contribution in [0.1, 0.15) is 56.4 Å². The molecule has 4 rings (SSSR count). The third-order valence-corrected chi connectivity index (χ3v) is 6.96. The van der Waals surface area contributed by atoms with Gasteiger partial charge in [-0.25, -0.2) is 0 Å². The van der Waals surface area contributed by atoms with Crippen molar-refractivity contribution in [2.24, 2.45) is 0 Å². The molecule has 1 unspecified atom stereocenters. The van der Waals surface area contributed by atoms with Crippen molar-refractivity contribution >= 4 is 33.4 Å². The molecule has 0 radical (unpaired) electrons. The summed E-state index contributed by atoms with van der Waals surface area (Å²) in [5.74, 6) is -0.0953. The number of carbonyl (C=O) groups is 2. The number of nitrogens with zero attached hydrogens (tertiary/aromatic N) is 2. The summed E-state index contributed by atoms with van der Waals surface area (Å²) < 4.78 is 8.58. The van der Waals surface area contributed by atoms with Crippen LogP contribution in [0.25, 0.3) is 10.2 Å². The molecule has 1 N–H and O–H groups in total. The summed E-state index contributed by atoms with van der Waals surface area (Å²) in [5, 5.41) is 5.27. The number of thiophene rings is 1. The van der Waals surface area contributed by atoms with Gasteiger partial charge in [-0.2, -0.15) is 0 Å². The molecule has 6 nitrogen and oxygen atoms in total. The number of hydrogen-bond acceptors (Lipinski definition) is 4. The number of hydrogen-bond donors (Lipinski definition) is 1. The molecule has 0 spiro atoms. The number of fused-ring (bicyclic) bond motifs is 3. The molecule has 1 saturated carbocycles. The van der Waals surface area contributed by atoms with Crippen LogP contribution in [0.15, 0.2) is 17.5 Å². The van der Waals surface area contributed by atoms with Crippen molar-refractivity contribution < 1.29 is 14.3 Å². The fraction of sp³-hybridized carbons (Fsp3) is 0.619. The van der Waals surface area contributed by atoms with Crippen LogP contribution < -0.4 is 5.32 Å². The number of rotatable bonds is 7. The first kappa shape index (κ1) is 19.5. The summed E-state index contributed by atoms with van der Waals surface area (Å²) in [7, 11) is 0. The first-order valence-corrected chi connectivity index (χ1v) is 11.2. The summed E-state index contributed by atoms with van der Waals surface area (Å²) in [6, 6.07) is 4.24. The van der Waals surface area contributed by atoms with Crippen molar-refractivity contribution in [1.82, 2.24) is 14.8 Å². The predicted molar refractivity (Wildman–Crippen MR) is 111 cm³/mol. The molecule has 0 aromatic carbocycles. The quantitative estimate of drug-likeness (QED) is 0.721. The van der Waals surface area contributed by atoms with Crippen molar-refractivity contribution in [3.8, 4) is 0 Å². The van der Waals surface area contributed by atoms with Crippen molar-refractivity contribution in [2.45, 2.75) is 64.1 Å². The Morgan fingerprint density at radius 2 is 2.18 bits per heavy atom. The van der Waals surface area contributed by atoms with Gasteiger partial charge in [0.25, 0.3) is 5.91 Å². The molecule has 1 atom stereocenters. The van der Waals surface area contributed by atoms with Gasteiger partial charge < -0.3 is 19.5 Å². The van der Waals surface area contributed by atoms with E-state index in [9.17, 15) is 9.59 Å². The van der Waals surface area contributed by atoms with E-state index in [1.165, 1.54) is 0 Å². The molecular weight excluding hydrogens is 374 g/mol. The number of nitrogens with one attached hydrogen (secondary N) is 1. The molecule has 1 aliphatic heterocycles. The molecule has 7 heteroatoms. The molecule has 1 aliphatic carbocycles. The van der Waals surface area contributed by atoms with E-state index in [1.54, 1.807) is 16.2 Å². The maximum absolute atomic E-state index is 13.4. The predicted octanol–water partition coefficient (Wildman–Crippen LogP) is 3.40. The van der Waals surface area contributed by atoms with E-state index in [1.807, 2.05) is 35.9 Å². The summed E-state index contributed by atoms with van der Waals surface area (Å²) in [4.78, 5) is 28.5. The van der Waals surface area contributed by atoms with Gasteiger partial charge in [0.05, 0.1) is 16.8 Å². The van der Waals surface area contributed by atoms with E-state index >= 15 is 0 Å². The fourth-order valence-corrected chi connectivity index (χ4v) is 5.33. The van der Waals surface area contributed by atoms with Crippen molar-refractivity contribution in [1.29, 1.82) is 0 Å². The third kappa shape index (κ3) is 3.35. The van der Waals surface area contributed by atoms with Crippen LogP contribution in [0.2, 0.25) is 0 Å². The topological polar surface area (TPSA) is 63.6 Å². The number of amides is 2. The zero-order valence-electron chi connectivity index (χ0n) is 16.7. The highest BCUT2D eigenvalue weighted by Gasteiger charge is 2.48. The van der Waals surface area contributed by atoms with Gasteiger partial charge in [0.2, 0.25) is 5.91 Å². The second-order valence-corrected chi connectivity index (χ2v) is 8.97. The van der Waals surface area contributed by atoms with Gasteiger partial charge in [-0.3, -0.25) is 9.59 Å². The van der Waals surface area contributed by atoms with Gasteiger partial charge in [-0.15, -0.1) is 11.3 Å². The average molecular weight is 404 g/mol. The maximum atomic E-state index is 13.4. The van der Waals surface area contributed by atoms with Crippen molar-refractivity contribution in [2.75, 3.05) is 19.8 Å². The van der Waals surface area contributed by atoms with Gasteiger partial charge in [0, 0.05) is 25.8 Å². The second kappa shape index (κ2) is 7.87. The Labute approximate surface area is 169 Å². The van der Waals surface area contributed by atoms with Gasteiger partial charge in [0.1, 0.15) is 11.2 Å². The van der Waals surface area contributed by atoms with E-state index in [4.69, 9.17) is 4.74 Å². The van der Waals surface area contributed by atoms with Gasteiger partial charge in [0.15, 0.2) is 0 Å². The minimum atomic E-state index is -0.896. The molecule has 0 bridgehead atoms. The molecule has 3 heterocycles. The normalized spacial score (nSPS) is 22.8. The molecule has 0 saturated heterocycles. The van der Waals surface area contributed by atoms with Crippen LogP contribution in [0.3, 0.4) is 0 Å². The summed E-state index contributed by atoms with van der Waals surface area (Å²) in [5.41, 5.74) is 0.832. The first-order chi connectivity index (χ1) is 13.5. The summed E-state index contributed by atoms with van der Waals surface area (Å²) in [6.07, 6.45) is 5.11. The Balaban J connectivity index is 1.64. The summed E-state index contributed by atoms with van der Waals surface area (Å²) >= 11 is 1.63. The van der Waals surface area contributed by atoms with Crippen LogP contribution in [-0.4, -0.2) is 52.6 Å². The minimum Gasteiger partial charge on any atom is -0.382 e. The van der Waals surface area contributed by atoms with Crippen molar-refractivity contribution in [3.63, 3.8) is 0 Å². The van der Waals surface area contributed by atoms with Gasteiger partial charge in [-0.05, 0) is 50.6 Å². The lowest BCUT2D eigenvalue weighted by molar-refractivity contribution is -0.133. The molecule has 1 fully saturated rings. The van der Waals surface area contributed by atoms with E-state index in [-0.39, 0.29) is 17.9 Å².